The van der Waals surface area contributed by atoms with E-state index in [9.17, 15) is 26.4 Å². The molecule has 8 nitrogen and oxygen atoms in total. The second-order valence-corrected chi connectivity index (χ2v) is 11.5. The molecule has 0 aliphatic carbocycles. The zero-order valence-electron chi connectivity index (χ0n) is 20.1. The van der Waals surface area contributed by atoms with Gasteiger partial charge in [-0.25, -0.2) is 25.4 Å². The minimum atomic E-state index is -4.43. The van der Waals surface area contributed by atoms with Gasteiger partial charge in [0.25, 0.3) is 20.0 Å². The summed E-state index contributed by atoms with van der Waals surface area (Å²) in [5.74, 6) is -1.48. The maximum absolute atomic E-state index is 13.7. The van der Waals surface area contributed by atoms with E-state index < -0.39 is 31.9 Å². The van der Waals surface area contributed by atoms with Crippen molar-refractivity contribution in [1.29, 1.82) is 0 Å². The van der Waals surface area contributed by atoms with Gasteiger partial charge in [-0.05, 0) is 49.2 Å². The van der Waals surface area contributed by atoms with Gasteiger partial charge in [-0.15, -0.1) is 0 Å². The number of carbonyl (C=O) groups is 2. The number of para-hydroxylation sites is 2. The van der Waals surface area contributed by atoms with E-state index in [4.69, 9.17) is 0 Å². The molecule has 0 fully saturated rings. The number of rotatable bonds is 10. The van der Waals surface area contributed by atoms with Crippen LogP contribution in [0.3, 0.4) is 0 Å². The molecule has 0 aliphatic rings. The molecule has 0 unspecified atom stereocenters. The minimum Gasteiger partial charge on any atom is -0.273 e. The van der Waals surface area contributed by atoms with Crippen molar-refractivity contribution in [2.24, 2.45) is 0 Å². The monoisotopic (exact) mass is 528 g/mol. The van der Waals surface area contributed by atoms with E-state index in [1.807, 2.05) is 0 Å². The van der Waals surface area contributed by atoms with Crippen LogP contribution >= 0.6 is 0 Å². The standard InChI is InChI=1S/C26H28N2O6S2/c1-3-13-25(29)27(35(31,32)21-15-7-5-8-16-21)23-19-11-12-20-24(23)28(26(30)14-4-2)36(33,34)22-17-9-6-10-18-22/h5-12,15-20H,3-4,13-14H2,1-2H3. The van der Waals surface area contributed by atoms with Gasteiger partial charge in [-0.3, -0.25) is 9.59 Å². The van der Waals surface area contributed by atoms with Crippen LogP contribution in [0.4, 0.5) is 11.4 Å². The van der Waals surface area contributed by atoms with Crippen molar-refractivity contribution >= 4 is 43.2 Å². The van der Waals surface area contributed by atoms with Crippen LogP contribution in [0.5, 0.6) is 0 Å². The lowest BCUT2D eigenvalue weighted by Gasteiger charge is -2.29. The maximum atomic E-state index is 13.7. The molecule has 0 aliphatic heterocycles. The molecule has 3 aromatic carbocycles. The summed E-state index contributed by atoms with van der Waals surface area (Å²) in [7, 11) is -8.86. The average Bonchev–Trinajstić information content (AvgIpc) is 2.86. The fourth-order valence-corrected chi connectivity index (χ4v) is 6.60. The molecule has 0 spiro atoms. The van der Waals surface area contributed by atoms with Crippen LogP contribution in [0, 0.1) is 0 Å². The van der Waals surface area contributed by atoms with Crippen molar-refractivity contribution in [3.63, 3.8) is 0 Å². The van der Waals surface area contributed by atoms with Crippen LogP contribution in [0.15, 0.2) is 94.7 Å². The molecule has 0 N–H and O–H groups in total. The second-order valence-electron chi connectivity index (χ2n) is 7.94. The van der Waals surface area contributed by atoms with Crippen LogP contribution in [0.1, 0.15) is 39.5 Å². The first-order valence-corrected chi connectivity index (χ1v) is 14.4. The lowest BCUT2D eigenvalue weighted by Crippen LogP contribution is -2.41. The number of hydrogen-bond acceptors (Lipinski definition) is 6. The molecule has 0 bridgehead atoms. The summed E-state index contributed by atoms with van der Waals surface area (Å²) in [4.78, 5) is 26.2. The fourth-order valence-electron chi connectivity index (χ4n) is 3.63. The van der Waals surface area contributed by atoms with Crippen molar-refractivity contribution in [1.82, 2.24) is 0 Å². The van der Waals surface area contributed by atoms with Crippen LogP contribution in [-0.2, 0) is 29.6 Å². The number of benzene rings is 3. The van der Waals surface area contributed by atoms with E-state index in [1.54, 1.807) is 26.0 Å². The highest BCUT2D eigenvalue weighted by Crippen LogP contribution is 2.37. The number of nitrogens with zero attached hydrogens (tertiary/aromatic N) is 2. The summed E-state index contributed by atoms with van der Waals surface area (Å²) in [5, 5.41) is 0. The molecule has 3 rings (SSSR count). The Morgan fingerprint density at radius 1 is 0.556 bits per heavy atom. The second kappa shape index (κ2) is 11.5. The van der Waals surface area contributed by atoms with Gasteiger partial charge in [-0.2, -0.15) is 0 Å². The summed E-state index contributed by atoms with van der Waals surface area (Å²) in [6, 6.07) is 20.4. The Kier molecular flexibility index (Phi) is 8.65. The number of carbonyl (C=O) groups excluding carboxylic acids is 2. The third-order valence-corrected chi connectivity index (χ3v) is 8.76. The molecular formula is C26H28N2O6S2. The molecule has 0 saturated carbocycles. The van der Waals surface area contributed by atoms with E-state index in [0.717, 1.165) is 0 Å². The topological polar surface area (TPSA) is 109 Å². The van der Waals surface area contributed by atoms with Crippen molar-refractivity contribution < 1.29 is 26.4 Å². The molecule has 190 valence electrons. The zero-order chi connectivity index (χ0) is 26.3. The Bertz CT molecular complexity index is 1310. The van der Waals surface area contributed by atoms with Crippen LogP contribution in [0.2, 0.25) is 0 Å². The fraction of sp³-hybridized carbons (Fsp3) is 0.231. The molecule has 0 atom stereocenters. The van der Waals surface area contributed by atoms with Crippen molar-refractivity contribution in [2.75, 3.05) is 8.61 Å². The van der Waals surface area contributed by atoms with Gasteiger partial charge in [0, 0.05) is 12.8 Å². The van der Waals surface area contributed by atoms with Gasteiger partial charge >= 0.3 is 0 Å². The summed E-state index contributed by atoms with van der Waals surface area (Å²) in [5.41, 5.74) is -0.437. The largest absolute Gasteiger partial charge is 0.273 e. The zero-order valence-corrected chi connectivity index (χ0v) is 21.7. The molecule has 10 heteroatoms. The molecule has 36 heavy (non-hydrogen) atoms. The molecule has 2 amide bonds. The summed E-state index contributed by atoms with van der Waals surface area (Å²) < 4.78 is 56.0. The maximum Gasteiger partial charge on any atom is 0.270 e. The first kappa shape index (κ1) is 27.1. The Hall–Kier alpha value is -3.50. The van der Waals surface area contributed by atoms with E-state index in [0.29, 0.717) is 21.5 Å². The SMILES string of the molecule is CCCC(=O)N(c1ccccc1N(C(=O)CCC)S(=O)(=O)c1ccccc1)S(=O)(=O)c1ccccc1. The van der Waals surface area contributed by atoms with Crippen molar-refractivity contribution in [3.8, 4) is 0 Å². The number of anilines is 2. The highest BCUT2D eigenvalue weighted by molar-refractivity contribution is 7.94. The molecule has 0 radical (unpaired) electrons. The average molecular weight is 529 g/mol. The first-order valence-electron chi connectivity index (χ1n) is 11.5. The van der Waals surface area contributed by atoms with Gasteiger partial charge in [0.15, 0.2) is 0 Å². The van der Waals surface area contributed by atoms with E-state index in [2.05, 4.69) is 0 Å². The van der Waals surface area contributed by atoms with Crippen molar-refractivity contribution in [2.45, 2.75) is 49.3 Å². The normalized spacial score (nSPS) is 11.6. The third kappa shape index (κ3) is 5.50. The predicted octanol–water partition coefficient (Wildman–Crippen LogP) is 4.73. The van der Waals surface area contributed by atoms with E-state index in [1.165, 1.54) is 72.8 Å². The van der Waals surface area contributed by atoms with Crippen LogP contribution < -0.4 is 8.61 Å². The molecule has 3 aromatic rings. The molecular weight excluding hydrogens is 500 g/mol. The van der Waals surface area contributed by atoms with Crippen LogP contribution in [0.25, 0.3) is 0 Å². The van der Waals surface area contributed by atoms with Crippen LogP contribution in [-0.4, -0.2) is 28.6 Å². The van der Waals surface area contributed by atoms with Crippen molar-refractivity contribution in [3.05, 3.63) is 84.9 Å². The van der Waals surface area contributed by atoms with Gasteiger partial charge in [0.2, 0.25) is 11.8 Å². The van der Waals surface area contributed by atoms with Gasteiger partial charge in [0.1, 0.15) is 0 Å². The Morgan fingerprint density at radius 3 is 1.17 bits per heavy atom. The Labute approximate surface area is 212 Å². The smallest absolute Gasteiger partial charge is 0.270 e. The Morgan fingerprint density at radius 2 is 0.861 bits per heavy atom. The summed E-state index contributed by atoms with van der Waals surface area (Å²) in [6.07, 6.45) is 0.523. The summed E-state index contributed by atoms with van der Waals surface area (Å²) >= 11 is 0. The van der Waals surface area contributed by atoms with E-state index >= 15 is 0 Å². The van der Waals surface area contributed by atoms with Gasteiger partial charge in [0.05, 0.1) is 21.2 Å². The quantitative estimate of drug-likeness (QED) is 0.376. The van der Waals surface area contributed by atoms with E-state index in [-0.39, 0.29) is 34.0 Å². The molecule has 0 heterocycles. The lowest BCUT2D eigenvalue weighted by molar-refractivity contribution is -0.118. The van der Waals surface area contributed by atoms with Gasteiger partial charge in [-0.1, -0.05) is 62.4 Å². The predicted molar refractivity (Wildman–Crippen MR) is 138 cm³/mol. The number of amides is 2. The highest BCUT2D eigenvalue weighted by Gasteiger charge is 2.37. The number of sulfonamides is 2. The molecule has 0 saturated heterocycles. The molecule has 0 aromatic heterocycles. The highest BCUT2D eigenvalue weighted by atomic mass is 32.2. The number of hydrogen-bond donors (Lipinski definition) is 0. The minimum absolute atomic E-state index is 0.102. The lowest BCUT2D eigenvalue weighted by atomic mass is 10.2. The summed E-state index contributed by atoms with van der Waals surface area (Å²) in [6.45, 7) is 3.46. The third-order valence-electron chi connectivity index (χ3n) is 5.26. The van der Waals surface area contributed by atoms with Gasteiger partial charge < -0.3 is 0 Å². The first-order chi connectivity index (χ1) is 17.2. The Balaban J connectivity index is 2.31.